The van der Waals surface area contributed by atoms with E-state index >= 15 is 0 Å². The van der Waals surface area contributed by atoms with Crippen LogP contribution in [-0.2, 0) is 6.54 Å². The van der Waals surface area contributed by atoms with Gasteiger partial charge in [0.25, 0.3) is 0 Å². The summed E-state index contributed by atoms with van der Waals surface area (Å²) in [7, 11) is 0. The smallest absolute Gasteiger partial charge is 0.0947 e. The van der Waals surface area contributed by atoms with E-state index < -0.39 is 0 Å². The Morgan fingerprint density at radius 3 is 3.00 bits per heavy atom. The van der Waals surface area contributed by atoms with Gasteiger partial charge in [-0.1, -0.05) is 6.42 Å². The summed E-state index contributed by atoms with van der Waals surface area (Å²) >= 11 is 0. The normalized spacial score (nSPS) is 33.7. The molecule has 2 aliphatic carbocycles. The van der Waals surface area contributed by atoms with Crippen molar-refractivity contribution in [1.29, 1.82) is 0 Å². The van der Waals surface area contributed by atoms with Crippen LogP contribution in [0, 0.1) is 17.8 Å². The van der Waals surface area contributed by atoms with Gasteiger partial charge in [0, 0.05) is 12.1 Å². The molecular weight excluding hydrogens is 186 g/mol. The van der Waals surface area contributed by atoms with Crippen LogP contribution in [0.25, 0.3) is 0 Å². The van der Waals surface area contributed by atoms with Crippen molar-refractivity contribution in [3.63, 3.8) is 0 Å². The fraction of sp³-hybridized carbons (Fsp3) is 0.692. The minimum Gasteiger partial charge on any atom is -0.472 e. The molecule has 3 atom stereocenters. The van der Waals surface area contributed by atoms with E-state index in [4.69, 9.17) is 4.42 Å². The lowest BCUT2D eigenvalue weighted by Crippen LogP contribution is -2.25. The first-order valence-corrected chi connectivity index (χ1v) is 6.13. The summed E-state index contributed by atoms with van der Waals surface area (Å²) in [5.41, 5.74) is 1.26. The van der Waals surface area contributed by atoms with Crippen molar-refractivity contribution in [2.45, 2.75) is 32.2 Å². The molecule has 0 aromatic carbocycles. The highest BCUT2D eigenvalue weighted by atomic mass is 16.3. The molecule has 0 radical (unpaired) electrons. The molecule has 2 nitrogen and oxygen atoms in total. The Hall–Kier alpha value is -0.760. The molecule has 82 valence electrons. The molecule has 2 bridgehead atoms. The minimum atomic E-state index is 0.954. The first-order valence-electron chi connectivity index (χ1n) is 6.13. The van der Waals surface area contributed by atoms with E-state index in [-0.39, 0.29) is 0 Å². The van der Waals surface area contributed by atoms with E-state index in [0.29, 0.717) is 0 Å². The third-order valence-corrected chi connectivity index (χ3v) is 4.20. The Labute approximate surface area is 91.0 Å². The molecule has 2 aliphatic rings. The Morgan fingerprint density at radius 2 is 2.33 bits per heavy atom. The summed E-state index contributed by atoms with van der Waals surface area (Å²) < 4.78 is 5.05. The molecule has 3 rings (SSSR count). The molecule has 1 aromatic heterocycles. The van der Waals surface area contributed by atoms with Crippen molar-refractivity contribution >= 4 is 0 Å². The molecule has 2 fully saturated rings. The van der Waals surface area contributed by atoms with Gasteiger partial charge in [-0.3, -0.25) is 0 Å². The lowest BCUT2D eigenvalue weighted by Gasteiger charge is -2.21. The van der Waals surface area contributed by atoms with E-state index in [0.717, 1.165) is 24.3 Å². The second-order valence-electron chi connectivity index (χ2n) is 5.20. The predicted octanol–water partition coefficient (Wildman–Crippen LogP) is 2.81. The minimum absolute atomic E-state index is 0.954. The Morgan fingerprint density at radius 1 is 1.33 bits per heavy atom. The number of hydrogen-bond donors (Lipinski definition) is 1. The van der Waals surface area contributed by atoms with E-state index in [9.17, 15) is 0 Å². The fourth-order valence-electron chi connectivity index (χ4n) is 3.42. The van der Waals surface area contributed by atoms with Gasteiger partial charge in [0.1, 0.15) is 0 Å². The first-order chi connectivity index (χ1) is 7.42. The van der Waals surface area contributed by atoms with Gasteiger partial charge in [-0.05, 0) is 49.6 Å². The monoisotopic (exact) mass is 205 g/mol. The van der Waals surface area contributed by atoms with E-state index in [1.807, 2.05) is 12.3 Å². The average Bonchev–Trinajstić information content (AvgIpc) is 2.93. The first kappa shape index (κ1) is 9.46. The number of nitrogens with one attached hydrogen (secondary N) is 1. The third kappa shape index (κ3) is 1.96. The zero-order valence-electron chi connectivity index (χ0n) is 9.11. The van der Waals surface area contributed by atoms with E-state index in [1.165, 1.54) is 37.8 Å². The number of fused-ring (bicyclic) bond motifs is 2. The van der Waals surface area contributed by atoms with Gasteiger partial charge in [-0.25, -0.2) is 0 Å². The van der Waals surface area contributed by atoms with Crippen molar-refractivity contribution < 1.29 is 4.42 Å². The Balaban J connectivity index is 1.43. The quantitative estimate of drug-likeness (QED) is 0.817. The summed E-state index contributed by atoms with van der Waals surface area (Å²) in [4.78, 5) is 0. The predicted molar refractivity (Wildman–Crippen MR) is 59.4 cm³/mol. The number of furan rings is 1. The molecular formula is C13H19NO. The summed E-state index contributed by atoms with van der Waals surface area (Å²) in [5.74, 6) is 3.05. The van der Waals surface area contributed by atoms with Crippen LogP contribution in [0.15, 0.2) is 23.0 Å². The SMILES string of the molecule is c1cc(CNCC2CC3CCC2C3)co1. The summed E-state index contributed by atoms with van der Waals surface area (Å²) in [6.07, 6.45) is 9.55. The van der Waals surface area contributed by atoms with Crippen LogP contribution in [0.1, 0.15) is 31.2 Å². The topological polar surface area (TPSA) is 25.2 Å². The summed E-state index contributed by atoms with van der Waals surface area (Å²) in [6, 6.07) is 2.04. The lowest BCUT2D eigenvalue weighted by molar-refractivity contribution is 0.318. The number of rotatable bonds is 4. The van der Waals surface area contributed by atoms with Crippen LogP contribution in [0.2, 0.25) is 0 Å². The molecule has 15 heavy (non-hydrogen) atoms. The molecule has 0 saturated heterocycles. The molecule has 2 saturated carbocycles. The fourth-order valence-corrected chi connectivity index (χ4v) is 3.42. The number of hydrogen-bond acceptors (Lipinski definition) is 2. The maximum atomic E-state index is 5.05. The molecule has 1 N–H and O–H groups in total. The average molecular weight is 205 g/mol. The molecule has 1 heterocycles. The molecule has 1 aromatic rings. The molecule has 3 unspecified atom stereocenters. The highest BCUT2D eigenvalue weighted by Gasteiger charge is 2.38. The van der Waals surface area contributed by atoms with Crippen LogP contribution in [0.3, 0.4) is 0 Å². The van der Waals surface area contributed by atoms with Gasteiger partial charge in [-0.15, -0.1) is 0 Å². The van der Waals surface area contributed by atoms with Crippen molar-refractivity contribution in [2.75, 3.05) is 6.54 Å². The van der Waals surface area contributed by atoms with Gasteiger partial charge < -0.3 is 9.73 Å². The van der Waals surface area contributed by atoms with Gasteiger partial charge in [-0.2, -0.15) is 0 Å². The Kier molecular flexibility index (Phi) is 2.53. The molecule has 2 heteroatoms. The highest BCUT2D eigenvalue weighted by molar-refractivity contribution is 5.04. The van der Waals surface area contributed by atoms with Crippen LogP contribution in [0.5, 0.6) is 0 Å². The summed E-state index contributed by atoms with van der Waals surface area (Å²) in [6.45, 7) is 2.16. The molecule has 0 spiro atoms. The van der Waals surface area contributed by atoms with Gasteiger partial charge in [0.15, 0.2) is 0 Å². The standard InChI is InChI=1S/C13H19NO/c1-2-12-5-10(1)6-13(12)8-14-7-11-3-4-15-9-11/h3-4,9-10,12-14H,1-2,5-8H2. The van der Waals surface area contributed by atoms with Crippen molar-refractivity contribution in [2.24, 2.45) is 17.8 Å². The highest BCUT2D eigenvalue weighted by Crippen LogP contribution is 2.47. The largest absolute Gasteiger partial charge is 0.472 e. The van der Waals surface area contributed by atoms with Crippen molar-refractivity contribution in [3.8, 4) is 0 Å². The van der Waals surface area contributed by atoms with Crippen LogP contribution in [-0.4, -0.2) is 6.54 Å². The second-order valence-corrected chi connectivity index (χ2v) is 5.20. The zero-order chi connectivity index (χ0) is 10.1. The van der Waals surface area contributed by atoms with Gasteiger partial charge in [0.05, 0.1) is 12.5 Å². The third-order valence-electron chi connectivity index (χ3n) is 4.20. The molecule has 0 amide bonds. The van der Waals surface area contributed by atoms with Gasteiger partial charge >= 0.3 is 0 Å². The second kappa shape index (κ2) is 4.01. The summed E-state index contributed by atoms with van der Waals surface area (Å²) in [5, 5.41) is 3.55. The van der Waals surface area contributed by atoms with Crippen LogP contribution >= 0.6 is 0 Å². The van der Waals surface area contributed by atoms with Crippen molar-refractivity contribution in [3.05, 3.63) is 24.2 Å². The van der Waals surface area contributed by atoms with Crippen molar-refractivity contribution in [1.82, 2.24) is 5.32 Å². The maximum absolute atomic E-state index is 5.05. The lowest BCUT2D eigenvalue weighted by atomic mass is 9.89. The van der Waals surface area contributed by atoms with E-state index in [2.05, 4.69) is 5.32 Å². The van der Waals surface area contributed by atoms with Crippen LogP contribution in [0.4, 0.5) is 0 Å². The van der Waals surface area contributed by atoms with E-state index in [1.54, 1.807) is 6.26 Å². The van der Waals surface area contributed by atoms with Crippen LogP contribution < -0.4 is 5.32 Å². The molecule has 0 aliphatic heterocycles. The Bertz CT molecular complexity index is 306. The zero-order valence-corrected chi connectivity index (χ0v) is 9.11. The maximum Gasteiger partial charge on any atom is 0.0947 e. The van der Waals surface area contributed by atoms with Gasteiger partial charge in [0.2, 0.25) is 0 Å².